The van der Waals surface area contributed by atoms with Crippen LogP contribution in [0.2, 0.25) is 0 Å². The minimum Gasteiger partial charge on any atom is -0.508 e. The summed E-state index contributed by atoms with van der Waals surface area (Å²) in [5.74, 6) is 0.515. The average molecular weight is 276 g/mol. The smallest absolute Gasteiger partial charge is 0.222 e. The van der Waals surface area contributed by atoms with Gasteiger partial charge in [0, 0.05) is 25.6 Å². The minimum atomic E-state index is 0.246. The lowest BCUT2D eigenvalue weighted by atomic mass is 10.0. The molecule has 20 heavy (non-hydrogen) atoms. The van der Waals surface area contributed by atoms with Gasteiger partial charge in [0.2, 0.25) is 5.91 Å². The Kier molecular flexibility index (Phi) is 5.01. The third kappa shape index (κ3) is 3.97. The molecule has 1 fully saturated rings. The van der Waals surface area contributed by atoms with Gasteiger partial charge in [0.15, 0.2) is 0 Å². The van der Waals surface area contributed by atoms with Gasteiger partial charge >= 0.3 is 0 Å². The summed E-state index contributed by atoms with van der Waals surface area (Å²) >= 11 is 0. The molecule has 1 amide bonds. The topological polar surface area (TPSA) is 43.8 Å². The highest BCUT2D eigenvalue weighted by atomic mass is 16.3. The van der Waals surface area contributed by atoms with E-state index < -0.39 is 0 Å². The molecule has 1 aliphatic rings. The van der Waals surface area contributed by atoms with E-state index in [9.17, 15) is 9.90 Å². The van der Waals surface area contributed by atoms with Crippen molar-refractivity contribution in [3.63, 3.8) is 0 Å². The molecule has 1 heterocycles. The zero-order valence-electron chi connectivity index (χ0n) is 12.4. The normalized spacial score (nSPS) is 16.6. The Morgan fingerprint density at radius 1 is 1.25 bits per heavy atom. The molecule has 110 valence electrons. The Labute approximate surface area is 121 Å². The molecule has 0 atom stereocenters. The molecule has 0 bridgehead atoms. The Balaban J connectivity index is 1.77. The van der Waals surface area contributed by atoms with E-state index in [1.54, 1.807) is 12.1 Å². The molecule has 0 aromatic heterocycles. The standard InChI is InChI=1S/C16H24N2O2/c1-17(2)14-9-11-18(12-10-14)16(20)8-5-13-3-6-15(19)7-4-13/h3-4,6-7,14,19H,5,8-12H2,1-2H3. The summed E-state index contributed by atoms with van der Waals surface area (Å²) in [6, 6.07) is 7.70. The second-order valence-corrected chi connectivity index (χ2v) is 5.74. The summed E-state index contributed by atoms with van der Waals surface area (Å²) < 4.78 is 0. The van der Waals surface area contributed by atoms with Gasteiger partial charge in [-0.15, -0.1) is 0 Å². The van der Waals surface area contributed by atoms with Gasteiger partial charge < -0.3 is 14.9 Å². The van der Waals surface area contributed by atoms with Crippen molar-refractivity contribution in [2.45, 2.75) is 31.7 Å². The zero-order valence-corrected chi connectivity index (χ0v) is 12.4. The SMILES string of the molecule is CN(C)C1CCN(C(=O)CCc2ccc(O)cc2)CC1. The number of carbonyl (C=O) groups excluding carboxylic acids is 1. The Morgan fingerprint density at radius 2 is 1.85 bits per heavy atom. The molecular formula is C16H24N2O2. The molecule has 4 nitrogen and oxygen atoms in total. The molecule has 0 unspecified atom stereocenters. The number of carbonyl (C=O) groups is 1. The molecular weight excluding hydrogens is 252 g/mol. The molecule has 1 aliphatic heterocycles. The maximum atomic E-state index is 12.2. The average Bonchev–Trinajstić information content (AvgIpc) is 2.46. The van der Waals surface area contributed by atoms with Crippen molar-refractivity contribution in [1.82, 2.24) is 9.80 Å². The van der Waals surface area contributed by atoms with Crippen LogP contribution in [-0.2, 0) is 11.2 Å². The fourth-order valence-corrected chi connectivity index (χ4v) is 2.70. The predicted octanol–water partition coefficient (Wildman–Crippen LogP) is 1.88. The quantitative estimate of drug-likeness (QED) is 0.913. The highest BCUT2D eigenvalue weighted by Gasteiger charge is 2.23. The van der Waals surface area contributed by atoms with Crippen LogP contribution in [0, 0.1) is 0 Å². The maximum Gasteiger partial charge on any atom is 0.222 e. The van der Waals surface area contributed by atoms with E-state index in [0.717, 1.165) is 37.9 Å². The summed E-state index contributed by atoms with van der Waals surface area (Å²) in [5.41, 5.74) is 1.10. The molecule has 1 aromatic carbocycles. The first-order valence-corrected chi connectivity index (χ1v) is 7.28. The van der Waals surface area contributed by atoms with E-state index >= 15 is 0 Å². The number of phenolic OH excluding ortho intramolecular Hbond substituents is 1. The predicted molar refractivity (Wildman–Crippen MR) is 79.7 cm³/mol. The highest BCUT2D eigenvalue weighted by Crippen LogP contribution is 2.16. The van der Waals surface area contributed by atoms with Gasteiger partial charge in [-0.1, -0.05) is 12.1 Å². The first kappa shape index (κ1) is 14.9. The van der Waals surface area contributed by atoms with Gasteiger partial charge in [-0.3, -0.25) is 4.79 Å². The van der Waals surface area contributed by atoms with E-state index in [1.165, 1.54) is 0 Å². The van der Waals surface area contributed by atoms with Gasteiger partial charge in [-0.2, -0.15) is 0 Å². The maximum absolute atomic E-state index is 12.2. The third-order valence-corrected chi connectivity index (χ3v) is 4.11. The van der Waals surface area contributed by atoms with Crippen LogP contribution in [-0.4, -0.2) is 54.0 Å². The van der Waals surface area contributed by atoms with Crippen LogP contribution in [0.15, 0.2) is 24.3 Å². The van der Waals surface area contributed by atoms with E-state index in [0.29, 0.717) is 12.5 Å². The van der Waals surface area contributed by atoms with Crippen molar-refractivity contribution in [3.05, 3.63) is 29.8 Å². The summed E-state index contributed by atoms with van der Waals surface area (Å²) in [5, 5.41) is 9.23. The summed E-state index contributed by atoms with van der Waals surface area (Å²) in [7, 11) is 4.21. The van der Waals surface area contributed by atoms with Gasteiger partial charge in [0.25, 0.3) is 0 Å². The summed E-state index contributed by atoms with van der Waals surface area (Å²) in [4.78, 5) is 16.4. The monoisotopic (exact) mass is 276 g/mol. The van der Waals surface area contributed by atoms with Crippen molar-refractivity contribution in [2.24, 2.45) is 0 Å². The van der Waals surface area contributed by atoms with Gasteiger partial charge in [0.05, 0.1) is 0 Å². The van der Waals surface area contributed by atoms with Gasteiger partial charge in [0.1, 0.15) is 5.75 Å². The van der Waals surface area contributed by atoms with E-state index in [4.69, 9.17) is 0 Å². The van der Waals surface area contributed by atoms with Crippen LogP contribution in [0.1, 0.15) is 24.8 Å². The highest BCUT2D eigenvalue weighted by molar-refractivity contribution is 5.76. The first-order chi connectivity index (χ1) is 9.56. The minimum absolute atomic E-state index is 0.246. The van der Waals surface area contributed by atoms with Crippen LogP contribution in [0.3, 0.4) is 0 Å². The number of rotatable bonds is 4. The van der Waals surface area contributed by atoms with Crippen molar-refractivity contribution >= 4 is 5.91 Å². The van der Waals surface area contributed by atoms with Crippen molar-refractivity contribution in [3.8, 4) is 5.75 Å². The number of phenols is 1. The lowest BCUT2D eigenvalue weighted by Crippen LogP contribution is -2.44. The lowest BCUT2D eigenvalue weighted by Gasteiger charge is -2.35. The molecule has 0 radical (unpaired) electrons. The molecule has 0 saturated carbocycles. The van der Waals surface area contributed by atoms with E-state index in [1.807, 2.05) is 17.0 Å². The van der Waals surface area contributed by atoms with Crippen LogP contribution in [0.5, 0.6) is 5.75 Å². The molecule has 1 N–H and O–H groups in total. The van der Waals surface area contributed by atoms with Gasteiger partial charge in [-0.05, 0) is 51.1 Å². The first-order valence-electron chi connectivity index (χ1n) is 7.28. The Morgan fingerprint density at radius 3 is 2.40 bits per heavy atom. The molecule has 0 aliphatic carbocycles. The summed E-state index contributed by atoms with van der Waals surface area (Å²) in [6.45, 7) is 1.74. The number of hydrogen-bond donors (Lipinski definition) is 1. The van der Waals surface area contributed by atoms with E-state index in [2.05, 4.69) is 19.0 Å². The number of benzene rings is 1. The van der Waals surface area contributed by atoms with Crippen molar-refractivity contribution in [1.29, 1.82) is 0 Å². The number of aromatic hydroxyl groups is 1. The molecule has 1 aromatic rings. The van der Waals surface area contributed by atoms with Crippen LogP contribution < -0.4 is 0 Å². The number of likely N-dealkylation sites (tertiary alicyclic amines) is 1. The largest absolute Gasteiger partial charge is 0.508 e. The number of piperidine rings is 1. The Hall–Kier alpha value is -1.55. The fraction of sp³-hybridized carbons (Fsp3) is 0.562. The van der Waals surface area contributed by atoms with Crippen molar-refractivity contribution in [2.75, 3.05) is 27.2 Å². The molecule has 0 spiro atoms. The number of amides is 1. The van der Waals surface area contributed by atoms with Crippen molar-refractivity contribution < 1.29 is 9.90 Å². The number of nitrogens with zero attached hydrogens (tertiary/aromatic N) is 2. The number of hydrogen-bond acceptors (Lipinski definition) is 3. The zero-order chi connectivity index (χ0) is 14.5. The molecule has 1 saturated heterocycles. The summed E-state index contributed by atoms with van der Waals surface area (Å²) in [6.07, 6.45) is 3.43. The van der Waals surface area contributed by atoms with Crippen LogP contribution in [0.4, 0.5) is 0 Å². The van der Waals surface area contributed by atoms with E-state index in [-0.39, 0.29) is 11.7 Å². The second-order valence-electron chi connectivity index (χ2n) is 5.74. The lowest BCUT2D eigenvalue weighted by molar-refractivity contribution is -0.132. The molecule has 4 heteroatoms. The number of aryl methyl sites for hydroxylation is 1. The third-order valence-electron chi connectivity index (χ3n) is 4.11. The molecule has 2 rings (SSSR count). The van der Waals surface area contributed by atoms with Gasteiger partial charge in [-0.25, -0.2) is 0 Å². The van der Waals surface area contributed by atoms with Crippen LogP contribution >= 0.6 is 0 Å². The Bertz CT molecular complexity index is 434. The van der Waals surface area contributed by atoms with Crippen LogP contribution in [0.25, 0.3) is 0 Å². The second kappa shape index (κ2) is 6.75. The fourth-order valence-electron chi connectivity index (χ4n) is 2.70.